The van der Waals surface area contributed by atoms with E-state index in [2.05, 4.69) is 0 Å². The number of ether oxygens (including phenoxy) is 1. The first-order chi connectivity index (χ1) is 9.47. The SMILES string of the molecule is Cc1ccc(OCc2ccc(F)c(C(N)=S)c2)c(Cl)c1. The molecule has 0 unspecified atom stereocenters. The molecular formula is C15H13ClFNOS. The molecule has 0 aliphatic carbocycles. The summed E-state index contributed by atoms with van der Waals surface area (Å²) in [6.45, 7) is 2.21. The monoisotopic (exact) mass is 309 g/mol. The molecule has 2 N–H and O–H groups in total. The Bertz CT molecular complexity index is 660. The maximum absolute atomic E-state index is 13.5. The van der Waals surface area contributed by atoms with Crippen molar-refractivity contribution in [3.63, 3.8) is 0 Å². The van der Waals surface area contributed by atoms with Crippen molar-refractivity contribution in [2.45, 2.75) is 13.5 Å². The number of halogens is 2. The Morgan fingerprint density at radius 3 is 2.70 bits per heavy atom. The molecule has 0 radical (unpaired) electrons. The van der Waals surface area contributed by atoms with E-state index in [0.29, 0.717) is 10.8 Å². The second-order valence-electron chi connectivity index (χ2n) is 4.40. The molecule has 2 aromatic rings. The summed E-state index contributed by atoms with van der Waals surface area (Å²) in [7, 11) is 0. The fourth-order valence-electron chi connectivity index (χ4n) is 1.74. The first-order valence-corrected chi connectivity index (χ1v) is 6.73. The van der Waals surface area contributed by atoms with Crippen LogP contribution in [-0.2, 0) is 6.61 Å². The summed E-state index contributed by atoms with van der Waals surface area (Å²) < 4.78 is 19.1. The molecule has 0 saturated carbocycles. The van der Waals surface area contributed by atoms with Gasteiger partial charge in [0.05, 0.1) is 5.02 Å². The zero-order chi connectivity index (χ0) is 14.7. The quantitative estimate of drug-likeness (QED) is 0.867. The number of thiocarbonyl (C=S) groups is 1. The molecule has 0 saturated heterocycles. The first kappa shape index (κ1) is 14.8. The molecule has 0 heterocycles. The minimum atomic E-state index is -0.436. The van der Waals surface area contributed by atoms with Crippen LogP contribution in [0, 0.1) is 12.7 Å². The van der Waals surface area contributed by atoms with Crippen molar-refractivity contribution in [1.82, 2.24) is 0 Å². The second kappa shape index (κ2) is 6.20. The Morgan fingerprint density at radius 2 is 2.05 bits per heavy atom. The van der Waals surface area contributed by atoms with Crippen molar-refractivity contribution >= 4 is 28.8 Å². The Hall–Kier alpha value is -1.65. The van der Waals surface area contributed by atoms with E-state index in [1.165, 1.54) is 6.07 Å². The van der Waals surface area contributed by atoms with Crippen LogP contribution in [0.4, 0.5) is 4.39 Å². The zero-order valence-electron chi connectivity index (χ0n) is 10.8. The zero-order valence-corrected chi connectivity index (χ0v) is 12.4. The molecule has 2 nitrogen and oxygen atoms in total. The summed E-state index contributed by atoms with van der Waals surface area (Å²) >= 11 is 10.9. The molecule has 0 amide bonds. The lowest BCUT2D eigenvalue weighted by molar-refractivity contribution is 0.306. The number of nitrogens with two attached hydrogens (primary N) is 1. The van der Waals surface area contributed by atoms with Gasteiger partial charge in [-0.2, -0.15) is 0 Å². The minimum Gasteiger partial charge on any atom is -0.487 e. The molecule has 0 aliphatic heterocycles. The highest BCUT2D eigenvalue weighted by molar-refractivity contribution is 7.80. The molecule has 2 rings (SSSR count). The van der Waals surface area contributed by atoms with Crippen molar-refractivity contribution in [3.05, 3.63) is 63.9 Å². The molecule has 0 bridgehead atoms. The second-order valence-corrected chi connectivity index (χ2v) is 5.25. The van der Waals surface area contributed by atoms with E-state index < -0.39 is 5.82 Å². The standard InChI is InChI=1S/C15H13ClFNOS/c1-9-2-5-14(12(16)6-9)19-8-10-3-4-13(17)11(7-10)15(18)20/h2-7H,8H2,1H3,(H2,18,20). The molecular weight excluding hydrogens is 297 g/mol. The summed E-state index contributed by atoms with van der Waals surface area (Å²) in [5.41, 5.74) is 7.50. The molecule has 0 spiro atoms. The first-order valence-electron chi connectivity index (χ1n) is 5.94. The van der Waals surface area contributed by atoms with Crippen LogP contribution in [0.1, 0.15) is 16.7 Å². The fraction of sp³-hybridized carbons (Fsp3) is 0.133. The van der Waals surface area contributed by atoms with Gasteiger partial charge in [-0.05, 0) is 42.3 Å². The van der Waals surface area contributed by atoms with E-state index in [1.807, 2.05) is 19.1 Å². The topological polar surface area (TPSA) is 35.2 Å². The van der Waals surface area contributed by atoms with Gasteiger partial charge in [0.15, 0.2) is 0 Å². The lowest BCUT2D eigenvalue weighted by Crippen LogP contribution is -2.12. The van der Waals surface area contributed by atoms with E-state index in [0.717, 1.165) is 11.1 Å². The van der Waals surface area contributed by atoms with Crippen LogP contribution in [0.25, 0.3) is 0 Å². The molecule has 2 aromatic carbocycles. The Labute approximate surface area is 127 Å². The molecule has 0 atom stereocenters. The average molecular weight is 310 g/mol. The van der Waals surface area contributed by atoms with E-state index in [1.54, 1.807) is 18.2 Å². The lowest BCUT2D eigenvalue weighted by atomic mass is 10.1. The van der Waals surface area contributed by atoms with E-state index in [4.69, 9.17) is 34.3 Å². The van der Waals surface area contributed by atoms with Gasteiger partial charge >= 0.3 is 0 Å². The summed E-state index contributed by atoms with van der Waals surface area (Å²) in [4.78, 5) is 0.0257. The maximum atomic E-state index is 13.5. The molecule has 0 aliphatic rings. The van der Waals surface area contributed by atoms with Crippen molar-refractivity contribution in [2.24, 2.45) is 5.73 Å². The van der Waals surface area contributed by atoms with Crippen molar-refractivity contribution in [3.8, 4) is 5.75 Å². The van der Waals surface area contributed by atoms with E-state index >= 15 is 0 Å². The van der Waals surface area contributed by atoms with Crippen LogP contribution in [0.15, 0.2) is 36.4 Å². The van der Waals surface area contributed by atoms with Gasteiger partial charge in [0.2, 0.25) is 0 Å². The minimum absolute atomic E-state index is 0.0257. The largest absolute Gasteiger partial charge is 0.487 e. The van der Waals surface area contributed by atoms with Crippen molar-refractivity contribution < 1.29 is 9.13 Å². The van der Waals surface area contributed by atoms with Crippen LogP contribution in [0.5, 0.6) is 5.75 Å². The van der Waals surface area contributed by atoms with Gasteiger partial charge in [0.1, 0.15) is 23.2 Å². The highest BCUT2D eigenvalue weighted by Gasteiger charge is 2.07. The van der Waals surface area contributed by atoms with E-state index in [-0.39, 0.29) is 17.2 Å². The van der Waals surface area contributed by atoms with Crippen LogP contribution in [0.2, 0.25) is 5.02 Å². The maximum Gasteiger partial charge on any atom is 0.138 e. The summed E-state index contributed by atoms with van der Waals surface area (Å²) in [5, 5.41) is 0.543. The van der Waals surface area contributed by atoms with Gasteiger partial charge < -0.3 is 10.5 Å². The average Bonchev–Trinajstić information content (AvgIpc) is 2.39. The van der Waals surface area contributed by atoms with Crippen LogP contribution >= 0.6 is 23.8 Å². The van der Waals surface area contributed by atoms with Gasteiger partial charge in [-0.3, -0.25) is 0 Å². The van der Waals surface area contributed by atoms with Crippen LogP contribution < -0.4 is 10.5 Å². The summed E-state index contributed by atoms with van der Waals surface area (Å²) in [5.74, 6) is 0.146. The number of aryl methyl sites for hydroxylation is 1. The Kier molecular flexibility index (Phi) is 4.57. The van der Waals surface area contributed by atoms with Gasteiger partial charge in [-0.1, -0.05) is 36.0 Å². The summed E-state index contributed by atoms with van der Waals surface area (Å²) in [6, 6.07) is 10.1. The number of hydrogen-bond acceptors (Lipinski definition) is 2. The highest BCUT2D eigenvalue weighted by Crippen LogP contribution is 2.26. The van der Waals surface area contributed by atoms with Crippen molar-refractivity contribution in [1.29, 1.82) is 0 Å². The Balaban J connectivity index is 2.15. The number of rotatable bonds is 4. The predicted molar refractivity (Wildman–Crippen MR) is 82.8 cm³/mol. The third-order valence-corrected chi connectivity index (χ3v) is 3.29. The van der Waals surface area contributed by atoms with Crippen molar-refractivity contribution in [2.75, 3.05) is 0 Å². The third kappa shape index (κ3) is 3.46. The summed E-state index contributed by atoms with van der Waals surface area (Å²) in [6.07, 6.45) is 0. The lowest BCUT2D eigenvalue weighted by Gasteiger charge is -2.10. The van der Waals surface area contributed by atoms with Gasteiger partial charge in [0.25, 0.3) is 0 Å². The smallest absolute Gasteiger partial charge is 0.138 e. The molecule has 5 heteroatoms. The van der Waals surface area contributed by atoms with Crippen LogP contribution in [-0.4, -0.2) is 4.99 Å². The molecule has 104 valence electrons. The number of benzene rings is 2. The van der Waals surface area contributed by atoms with Gasteiger partial charge in [-0.15, -0.1) is 0 Å². The van der Waals surface area contributed by atoms with Gasteiger partial charge in [0, 0.05) is 5.56 Å². The molecule has 20 heavy (non-hydrogen) atoms. The van der Waals surface area contributed by atoms with Gasteiger partial charge in [-0.25, -0.2) is 4.39 Å². The third-order valence-electron chi connectivity index (χ3n) is 2.78. The normalized spacial score (nSPS) is 10.3. The Morgan fingerprint density at radius 1 is 1.30 bits per heavy atom. The van der Waals surface area contributed by atoms with Crippen LogP contribution in [0.3, 0.4) is 0 Å². The molecule has 0 fully saturated rings. The predicted octanol–water partition coefficient (Wildman–Crippen LogP) is 4.00. The molecule has 0 aromatic heterocycles. The fourth-order valence-corrected chi connectivity index (χ4v) is 2.18. The number of hydrogen-bond donors (Lipinski definition) is 1. The highest BCUT2D eigenvalue weighted by atomic mass is 35.5. The van der Waals surface area contributed by atoms with E-state index in [9.17, 15) is 4.39 Å².